The van der Waals surface area contributed by atoms with E-state index in [9.17, 15) is 14.4 Å². The van der Waals surface area contributed by atoms with E-state index >= 15 is 0 Å². The Balaban J connectivity index is 1.32. The van der Waals surface area contributed by atoms with E-state index in [0.717, 1.165) is 24.2 Å². The van der Waals surface area contributed by atoms with E-state index in [4.69, 9.17) is 9.47 Å². The highest BCUT2D eigenvalue weighted by Crippen LogP contribution is 2.36. The molecule has 0 unspecified atom stereocenters. The van der Waals surface area contributed by atoms with Gasteiger partial charge in [0.15, 0.2) is 11.5 Å². The van der Waals surface area contributed by atoms with Gasteiger partial charge in [-0.2, -0.15) is 0 Å². The topological polar surface area (TPSA) is 97.0 Å². The molecule has 1 saturated heterocycles. The highest BCUT2D eigenvalue weighted by Gasteiger charge is 2.52. The summed E-state index contributed by atoms with van der Waals surface area (Å²) in [5, 5.41) is 5.97. The van der Waals surface area contributed by atoms with Crippen molar-refractivity contribution in [3.8, 4) is 11.5 Å². The summed E-state index contributed by atoms with van der Waals surface area (Å²) in [7, 11) is 0. The number of nitrogens with one attached hydrogen (secondary N) is 2. The number of carbonyl (C=O) groups is 3. The molecule has 0 aromatic heterocycles. The van der Waals surface area contributed by atoms with Crippen molar-refractivity contribution in [2.75, 3.05) is 19.8 Å². The van der Waals surface area contributed by atoms with Crippen LogP contribution in [0.4, 0.5) is 4.79 Å². The predicted octanol–water partition coefficient (Wildman–Crippen LogP) is 2.92. The lowest BCUT2D eigenvalue weighted by atomic mass is 9.95. The van der Waals surface area contributed by atoms with Crippen LogP contribution in [0.2, 0.25) is 0 Å². The minimum atomic E-state index is -0.694. The maximum Gasteiger partial charge on any atom is 0.325 e. The van der Waals surface area contributed by atoms with Gasteiger partial charge in [0.05, 0.1) is 6.04 Å². The number of hydrogen-bond donors (Lipinski definition) is 2. The van der Waals surface area contributed by atoms with Gasteiger partial charge in [-0.05, 0) is 42.9 Å². The molecule has 2 heterocycles. The fourth-order valence-corrected chi connectivity index (χ4v) is 4.73. The second-order valence-electron chi connectivity index (χ2n) is 8.97. The van der Waals surface area contributed by atoms with Crippen molar-refractivity contribution in [3.63, 3.8) is 0 Å². The van der Waals surface area contributed by atoms with Gasteiger partial charge in [0.2, 0.25) is 5.91 Å². The highest BCUT2D eigenvalue weighted by molar-refractivity contribution is 6.07. The first-order valence-electron chi connectivity index (χ1n) is 11.2. The lowest BCUT2D eigenvalue weighted by molar-refractivity contribution is -0.131. The zero-order chi connectivity index (χ0) is 22.0. The van der Waals surface area contributed by atoms with Gasteiger partial charge in [-0.1, -0.05) is 32.8 Å². The van der Waals surface area contributed by atoms with Crippen molar-refractivity contribution >= 4 is 17.8 Å². The largest absolute Gasteiger partial charge is 0.486 e. The Kier molecular flexibility index (Phi) is 6.07. The number of imide groups is 1. The Morgan fingerprint density at radius 2 is 1.87 bits per heavy atom. The molecule has 8 nitrogen and oxygen atoms in total. The van der Waals surface area contributed by atoms with Crippen molar-refractivity contribution in [1.82, 2.24) is 15.5 Å². The van der Waals surface area contributed by atoms with Crippen molar-refractivity contribution in [3.05, 3.63) is 23.8 Å². The van der Waals surface area contributed by atoms with Crippen LogP contribution in [-0.4, -0.2) is 48.0 Å². The average molecular weight is 430 g/mol. The number of amides is 4. The van der Waals surface area contributed by atoms with E-state index in [1.807, 2.05) is 18.2 Å². The molecule has 2 aliphatic heterocycles. The summed E-state index contributed by atoms with van der Waals surface area (Å²) < 4.78 is 11.2. The van der Waals surface area contributed by atoms with Crippen LogP contribution < -0.4 is 20.1 Å². The van der Waals surface area contributed by atoms with Gasteiger partial charge in [-0.3, -0.25) is 14.5 Å². The highest BCUT2D eigenvalue weighted by atomic mass is 16.6. The molecule has 2 fully saturated rings. The normalized spacial score (nSPS) is 20.3. The van der Waals surface area contributed by atoms with Crippen molar-refractivity contribution < 1.29 is 23.9 Å². The lowest BCUT2D eigenvalue weighted by Crippen LogP contribution is -2.44. The Hall–Kier alpha value is -2.77. The quantitative estimate of drug-likeness (QED) is 0.650. The zero-order valence-electron chi connectivity index (χ0n) is 18.2. The van der Waals surface area contributed by atoms with Crippen LogP contribution in [0.1, 0.15) is 64.0 Å². The maximum atomic E-state index is 12.7. The molecule has 4 rings (SSSR count). The number of benzene rings is 1. The van der Waals surface area contributed by atoms with Gasteiger partial charge in [0.25, 0.3) is 5.91 Å². The molecule has 0 radical (unpaired) electrons. The molecule has 3 aliphatic rings. The molecule has 0 bridgehead atoms. The van der Waals surface area contributed by atoms with E-state index in [1.165, 1.54) is 4.90 Å². The van der Waals surface area contributed by atoms with Gasteiger partial charge in [0, 0.05) is 13.0 Å². The Morgan fingerprint density at radius 1 is 1.16 bits per heavy atom. The molecule has 1 aromatic carbocycles. The summed E-state index contributed by atoms with van der Waals surface area (Å²) in [5.74, 6) is 1.36. The van der Waals surface area contributed by atoms with Crippen LogP contribution in [0.25, 0.3) is 0 Å². The number of carbonyl (C=O) groups excluding carboxylic acids is 3. The first kappa shape index (κ1) is 21.5. The fourth-order valence-electron chi connectivity index (χ4n) is 4.73. The molecule has 31 heavy (non-hydrogen) atoms. The SMILES string of the molecule is CC(C)[C@H](NC(=O)CCCN1C(=O)NC2(CCCC2)C1=O)c1ccc2c(c1)OCCO2. The maximum absolute atomic E-state index is 12.7. The van der Waals surface area contributed by atoms with E-state index < -0.39 is 5.54 Å². The number of ether oxygens (including phenoxy) is 2. The summed E-state index contributed by atoms with van der Waals surface area (Å²) in [4.78, 5) is 38.9. The van der Waals surface area contributed by atoms with Crippen molar-refractivity contribution in [2.45, 2.75) is 64.0 Å². The third kappa shape index (κ3) is 4.34. The number of hydrogen-bond acceptors (Lipinski definition) is 5. The summed E-state index contributed by atoms with van der Waals surface area (Å²) >= 11 is 0. The first-order chi connectivity index (χ1) is 14.9. The molecule has 1 atom stereocenters. The van der Waals surface area contributed by atoms with Crippen LogP contribution in [0.5, 0.6) is 11.5 Å². The minimum Gasteiger partial charge on any atom is -0.486 e. The monoisotopic (exact) mass is 429 g/mol. The predicted molar refractivity (Wildman–Crippen MR) is 114 cm³/mol. The average Bonchev–Trinajstić information content (AvgIpc) is 3.31. The van der Waals surface area contributed by atoms with Crippen molar-refractivity contribution in [2.24, 2.45) is 5.92 Å². The fraction of sp³-hybridized carbons (Fsp3) is 0.609. The van der Waals surface area contributed by atoms with E-state index in [-0.39, 0.29) is 42.8 Å². The van der Waals surface area contributed by atoms with Crippen LogP contribution >= 0.6 is 0 Å². The second-order valence-corrected chi connectivity index (χ2v) is 8.97. The van der Waals surface area contributed by atoms with Crippen molar-refractivity contribution in [1.29, 1.82) is 0 Å². The molecule has 1 aliphatic carbocycles. The Morgan fingerprint density at radius 3 is 2.58 bits per heavy atom. The van der Waals surface area contributed by atoms with Crippen LogP contribution in [0.3, 0.4) is 0 Å². The Bertz CT molecular complexity index is 863. The molecule has 4 amide bonds. The number of nitrogens with zero attached hydrogens (tertiary/aromatic N) is 1. The van der Waals surface area contributed by atoms with Gasteiger partial charge in [0.1, 0.15) is 18.8 Å². The summed E-state index contributed by atoms with van der Waals surface area (Å²) in [5.41, 5.74) is 0.269. The third-order valence-corrected chi connectivity index (χ3v) is 6.40. The van der Waals surface area contributed by atoms with Gasteiger partial charge in [-0.15, -0.1) is 0 Å². The van der Waals surface area contributed by atoms with Gasteiger partial charge in [-0.25, -0.2) is 4.79 Å². The van der Waals surface area contributed by atoms with Crippen LogP contribution in [0.15, 0.2) is 18.2 Å². The lowest BCUT2D eigenvalue weighted by Gasteiger charge is -2.25. The number of fused-ring (bicyclic) bond motifs is 1. The molecule has 1 saturated carbocycles. The molecule has 2 N–H and O–H groups in total. The van der Waals surface area contributed by atoms with E-state index in [1.54, 1.807) is 0 Å². The molecule has 1 spiro atoms. The van der Waals surface area contributed by atoms with Crippen LogP contribution in [-0.2, 0) is 9.59 Å². The second kappa shape index (κ2) is 8.77. The number of urea groups is 1. The first-order valence-corrected chi connectivity index (χ1v) is 11.2. The van der Waals surface area contributed by atoms with Gasteiger partial charge >= 0.3 is 6.03 Å². The summed E-state index contributed by atoms with van der Waals surface area (Å²) in [6.07, 6.45) is 4.02. The van der Waals surface area contributed by atoms with E-state index in [2.05, 4.69) is 24.5 Å². The van der Waals surface area contributed by atoms with Gasteiger partial charge < -0.3 is 20.1 Å². The minimum absolute atomic E-state index is 0.101. The zero-order valence-corrected chi connectivity index (χ0v) is 18.2. The summed E-state index contributed by atoms with van der Waals surface area (Å²) in [6.45, 7) is 5.41. The van der Waals surface area contributed by atoms with E-state index in [0.29, 0.717) is 38.2 Å². The molecule has 8 heteroatoms. The number of rotatable bonds is 7. The standard InChI is InChI=1S/C23H31N3O5/c1-15(2)20(16-7-8-17-18(14-16)31-13-12-30-17)24-19(27)6-5-11-26-21(28)23(25-22(26)29)9-3-4-10-23/h7-8,14-15,20H,3-6,9-13H2,1-2H3,(H,24,27)(H,25,29)/t20-/m0/s1. The molecular formula is C23H31N3O5. The molecule has 1 aromatic rings. The molecular weight excluding hydrogens is 398 g/mol. The molecule has 168 valence electrons. The van der Waals surface area contributed by atoms with Crippen LogP contribution in [0, 0.1) is 5.92 Å². The summed E-state index contributed by atoms with van der Waals surface area (Å²) in [6, 6.07) is 5.26. The smallest absolute Gasteiger partial charge is 0.325 e. The third-order valence-electron chi connectivity index (χ3n) is 6.40. The Labute approximate surface area is 182 Å².